The van der Waals surface area contributed by atoms with E-state index in [-0.39, 0.29) is 0 Å². The quantitative estimate of drug-likeness (QED) is 0.145. The Kier molecular flexibility index (Phi) is 9.18. The zero-order valence-corrected chi connectivity index (χ0v) is 33.5. The smallest absolute Gasteiger partial charge is 0.0561 e. The Morgan fingerprint density at radius 2 is 0.705 bits per heavy atom. The molecule has 61 heavy (non-hydrogen) atoms. The lowest BCUT2D eigenvalue weighted by molar-refractivity contribution is 1.18. The van der Waals surface area contributed by atoms with Gasteiger partial charge in [-0.1, -0.05) is 164 Å². The minimum atomic E-state index is 1.08. The van der Waals surface area contributed by atoms with E-state index in [0.717, 1.165) is 50.9 Å². The highest BCUT2D eigenvalue weighted by atomic mass is 15.1. The first kappa shape index (κ1) is 36.0. The van der Waals surface area contributed by atoms with E-state index >= 15 is 0 Å². The van der Waals surface area contributed by atoms with Crippen molar-refractivity contribution in [2.75, 3.05) is 9.80 Å². The average Bonchev–Trinajstić information content (AvgIpc) is 3.67. The van der Waals surface area contributed by atoms with E-state index in [9.17, 15) is 0 Å². The van der Waals surface area contributed by atoms with E-state index in [1.54, 1.807) is 0 Å². The highest BCUT2D eigenvalue weighted by Crippen LogP contribution is 2.42. The number of hydrogen-bond acceptors (Lipinski definition) is 2. The van der Waals surface area contributed by atoms with Crippen LogP contribution in [0, 0.1) is 0 Å². The van der Waals surface area contributed by atoms with Crippen LogP contribution >= 0.6 is 0 Å². The number of anilines is 6. The second-order valence-corrected chi connectivity index (χ2v) is 15.4. The zero-order valence-electron chi connectivity index (χ0n) is 33.5. The summed E-state index contributed by atoms with van der Waals surface area (Å²) >= 11 is 0. The second kappa shape index (κ2) is 15.6. The third-order valence-corrected chi connectivity index (χ3v) is 11.8. The van der Waals surface area contributed by atoms with Gasteiger partial charge in [0.25, 0.3) is 0 Å². The van der Waals surface area contributed by atoms with Crippen LogP contribution < -0.4 is 9.80 Å². The Bertz CT molecular complexity index is 3260. The maximum absolute atomic E-state index is 2.39. The predicted molar refractivity (Wildman–Crippen MR) is 259 cm³/mol. The van der Waals surface area contributed by atoms with Crippen LogP contribution in [0.3, 0.4) is 0 Å². The molecule has 0 saturated carbocycles. The van der Waals surface area contributed by atoms with Gasteiger partial charge in [-0.25, -0.2) is 0 Å². The molecular formula is C58H41N3. The molecule has 3 heteroatoms. The summed E-state index contributed by atoms with van der Waals surface area (Å²) in [5, 5.41) is 4.91. The lowest BCUT2D eigenvalue weighted by Gasteiger charge is -2.27. The largest absolute Gasteiger partial charge is 0.310 e. The summed E-state index contributed by atoms with van der Waals surface area (Å²) in [5.41, 5.74) is 14.9. The number of benzene rings is 10. The van der Waals surface area contributed by atoms with Crippen LogP contribution in [0.2, 0.25) is 0 Å². The molecule has 0 unspecified atom stereocenters. The molecule has 1 aromatic heterocycles. The van der Waals surface area contributed by atoms with Crippen LogP contribution in [0.4, 0.5) is 34.1 Å². The third kappa shape index (κ3) is 6.69. The Morgan fingerprint density at radius 3 is 1.34 bits per heavy atom. The SMILES string of the molecule is c1ccc(-c2ccc(N(c3ccc(-c4ccc(N(c5ccccc5)c5cccc6ccccc56)cc4)cc3)c3ccc4c5ccccc5n(-c5ccccc5)c4c3)cc2)cc1. The summed E-state index contributed by atoms with van der Waals surface area (Å²) in [6.45, 7) is 0. The van der Waals surface area contributed by atoms with Gasteiger partial charge in [0.1, 0.15) is 0 Å². The van der Waals surface area contributed by atoms with Gasteiger partial charge in [0.05, 0.1) is 16.7 Å². The normalized spacial score (nSPS) is 11.3. The predicted octanol–water partition coefficient (Wildman–Crippen LogP) is 16.2. The van der Waals surface area contributed by atoms with E-state index in [1.165, 1.54) is 43.7 Å². The molecule has 0 aliphatic heterocycles. The molecule has 0 N–H and O–H groups in total. The van der Waals surface area contributed by atoms with Crippen molar-refractivity contribution >= 4 is 66.7 Å². The van der Waals surface area contributed by atoms with Crippen molar-refractivity contribution in [3.05, 3.63) is 249 Å². The van der Waals surface area contributed by atoms with Crippen molar-refractivity contribution in [1.82, 2.24) is 4.57 Å². The molecule has 0 spiro atoms. The zero-order chi connectivity index (χ0) is 40.5. The molecule has 288 valence electrons. The van der Waals surface area contributed by atoms with Gasteiger partial charge in [-0.15, -0.1) is 0 Å². The molecule has 0 amide bonds. The summed E-state index contributed by atoms with van der Waals surface area (Å²) in [4.78, 5) is 4.72. The van der Waals surface area contributed by atoms with E-state index in [4.69, 9.17) is 0 Å². The minimum Gasteiger partial charge on any atom is -0.310 e. The van der Waals surface area contributed by atoms with Gasteiger partial charge in [-0.3, -0.25) is 0 Å². The van der Waals surface area contributed by atoms with E-state index in [1.807, 2.05) is 0 Å². The van der Waals surface area contributed by atoms with Gasteiger partial charge >= 0.3 is 0 Å². The fraction of sp³-hybridized carbons (Fsp3) is 0. The lowest BCUT2D eigenvalue weighted by atomic mass is 10.0. The van der Waals surface area contributed by atoms with Gasteiger partial charge in [0.15, 0.2) is 0 Å². The first-order chi connectivity index (χ1) is 30.3. The van der Waals surface area contributed by atoms with Crippen molar-refractivity contribution in [3.63, 3.8) is 0 Å². The molecule has 11 rings (SSSR count). The fourth-order valence-corrected chi connectivity index (χ4v) is 8.85. The Hall–Kier alpha value is -8.14. The molecule has 0 saturated heterocycles. The summed E-state index contributed by atoms with van der Waals surface area (Å²) in [7, 11) is 0. The molecule has 10 aromatic carbocycles. The van der Waals surface area contributed by atoms with E-state index < -0.39 is 0 Å². The minimum absolute atomic E-state index is 1.08. The van der Waals surface area contributed by atoms with Crippen LogP contribution in [-0.4, -0.2) is 4.57 Å². The molecule has 0 aliphatic rings. The third-order valence-electron chi connectivity index (χ3n) is 11.8. The molecule has 0 fully saturated rings. The number of fused-ring (bicyclic) bond motifs is 4. The van der Waals surface area contributed by atoms with Gasteiger partial charge < -0.3 is 14.4 Å². The standard InChI is InChI=1S/C58H41N3/c1-4-15-42(16-5-1)43-27-33-49(34-28-43)59(52-39-40-55-54-24-12-13-25-57(54)61(58(55)41-52)48-21-8-3-9-22-48)50-35-29-44(30-36-50)45-31-37-51(38-32-45)60(47-19-6-2-7-20-47)56-26-14-18-46-17-10-11-23-53(46)56/h1-41H. The lowest BCUT2D eigenvalue weighted by Crippen LogP contribution is -2.10. The molecule has 0 aliphatic carbocycles. The first-order valence-electron chi connectivity index (χ1n) is 20.8. The number of rotatable bonds is 9. The summed E-state index contributed by atoms with van der Waals surface area (Å²) < 4.78 is 2.39. The van der Waals surface area contributed by atoms with Crippen molar-refractivity contribution in [1.29, 1.82) is 0 Å². The molecule has 11 aromatic rings. The van der Waals surface area contributed by atoms with Crippen molar-refractivity contribution in [3.8, 4) is 27.9 Å². The van der Waals surface area contributed by atoms with Gasteiger partial charge in [-0.05, 0) is 113 Å². The van der Waals surface area contributed by atoms with E-state index in [2.05, 4.69) is 263 Å². The number of aromatic nitrogens is 1. The average molecular weight is 780 g/mol. The van der Waals surface area contributed by atoms with E-state index in [0.29, 0.717) is 0 Å². The summed E-state index contributed by atoms with van der Waals surface area (Å²) in [6.07, 6.45) is 0. The number of nitrogens with zero attached hydrogens (tertiary/aromatic N) is 3. The molecule has 0 bridgehead atoms. The molecular weight excluding hydrogens is 739 g/mol. The molecule has 1 heterocycles. The van der Waals surface area contributed by atoms with Crippen LogP contribution in [0.25, 0.3) is 60.5 Å². The first-order valence-corrected chi connectivity index (χ1v) is 20.8. The Morgan fingerprint density at radius 1 is 0.262 bits per heavy atom. The highest BCUT2D eigenvalue weighted by Gasteiger charge is 2.19. The van der Waals surface area contributed by atoms with Crippen LogP contribution in [0.1, 0.15) is 0 Å². The van der Waals surface area contributed by atoms with Gasteiger partial charge in [-0.2, -0.15) is 0 Å². The monoisotopic (exact) mass is 779 g/mol. The number of hydrogen-bond donors (Lipinski definition) is 0. The highest BCUT2D eigenvalue weighted by molar-refractivity contribution is 6.10. The maximum atomic E-state index is 2.39. The van der Waals surface area contributed by atoms with Gasteiger partial charge in [0.2, 0.25) is 0 Å². The van der Waals surface area contributed by atoms with Crippen molar-refractivity contribution in [2.24, 2.45) is 0 Å². The fourth-order valence-electron chi connectivity index (χ4n) is 8.85. The Balaban J connectivity index is 0.988. The van der Waals surface area contributed by atoms with Crippen molar-refractivity contribution in [2.45, 2.75) is 0 Å². The van der Waals surface area contributed by atoms with Crippen molar-refractivity contribution < 1.29 is 0 Å². The number of para-hydroxylation sites is 3. The Labute approximate surface area is 356 Å². The summed E-state index contributed by atoms with van der Waals surface area (Å²) in [6, 6.07) is 89.5. The van der Waals surface area contributed by atoms with Gasteiger partial charge in [0, 0.05) is 50.3 Å². The summed E-state index contributed by atoms with van der Waals surface area (Å²) in [5.74, 6) is 0. The molecule has 3 nitrogen and oxygen atoms in total. The van der Waals surface area contributed by atoms with Crippen LogP contribution in [0.5, 0.6) is 0 Å². The maximum Gasteiger partial charge on any atom is 0.0561 e. The second-order valence-electron chi connectivity index (χ2n) is 15.4. The topological polar surface area (TPSA) is 11.4 Å². The van der Waals surface area contributed by atoms with Crippen LogP contribution in [0.15, 0.2) is 249 Å². The molecule has 0 radical (unpaired) electrons. The molecule has 0 atom stereocenters. The van der Waals surface area contributed by atoms with Crippen LogP contribution in [-0.2, 0) is 0 Å².